The molecular formula is C59H62BN3. The number of aryl methyl sites for hydroxylation is 1. The molecule has 2 aliphatic heterocycles. The fourth-order valence-electron chi connectivity index (χ4n) is 10.2. The predicted molar refractivity (Wildman–Crippen MR) is 274 cm³/mol. The highest BCUT2D eigenvalue weighted by Crippen LogP contribution is 2.48. The van der Waals surface area contributed by atoms with Gasteiger partial charge in [-0.2, -0.15) is 0 Å². The van der Waals surface area contributed by atoms with Crippen molar-refractivity contribution >= 4 is 79.0 Å². The van der Waals surface area contributed by atoms with E-state index in [0.717, 1.165) is 0 Å². The zero-order valence-electron chi connectivity index (χ0n) is 39.7. The number of rotatable bonds is 3. The van der Waals surface area contributed by atoms with Gasteiger partial charge in [0.05, 0.1) is 11.0 Å². The Kier molecular flexibility index (Phi) is 9.12. The first kappa shape index (κ1) is 41.0. The Hall–Kier alpha value is -6.00. The van der Waals surface area contributed by atoms with Gasteiger partial charge in [-0.05, 0) is 146 Å². The van der Waals surface area contributed by atoms with Crippen molar-refractivity contribution in [3.05, 3.63) is 167 Å². The second kappa shape index (κ2) is 14.0. The van der Waals surface area contributed by atoms with Crippen LogP contribution in [0, 0.1) is 6.92 Å². The summed E-state index contributed by atoms with van der Waals surface area (Å²) in [5, 5.41) is 2.55. The molecule has 0 unspecified atom stereocenters. The van der Waals surface area contributed by atoms with Crippen LogP contribution in [0.5, 0.6) is 0 Å². The van der Waals surface area contributed by atoms with Crippen LogP contribution in [-0.4, -0.2) is 11.3 Å². The van der Waals surface area contributed by atoms with Crippen LogP contribution < -0.4 is 26.2 Å². The Morgan fingerprint density at radius 3 is 1.24 bits per heavy atom. The summed E-state index contributed by atoms with van der Waals surface area (Å²) in [5.74, 6) is 0. The molecule has 7 aromatic carbocycles. The molecule has 0 radical (unpaired) electrons. The molecule has 0 amide bonds. The van der Waals surface area contributed by atoms with E-state index in [9.17, 15) is 0 Å². The lowest BCUT2D eigenvalue weighted by atomic mass is 9.33. The van der Waals surface area contributed by atoms with E-state index in [-0.39, 0.29) is 28.4 Å². The molecule has 63 heavy (non-hydrogen) atoms. The summed E-state index contributed by atoms with van der Waals surface area (Å²) in [4.78, 5) is 5.20. The summed E-state index contributed by atoms with van der Waals surface area (Å²) in [7, 11) is 0. The molecule has 8 aromatic rings. The first-order chi connectivity index (χ1) is 29.7. The van der Waals surface area contributed by atoms with Crippen molar-refractivity contribution < 1.29 is 0 Å². The van der Waals surface area contributed by atoms with Gasteiger partial charge in [-0.3, -0.25) is 0 Å². The molecule has 3 nitrogen and oxygen atoms in total. The third-order valence-corrected chi connectivity index (χ3v) is 13.8. The van der Waals surface area contributed by atoms with Gasteiger partial charge in [0.15, 0.2) is 0 Å². The Bertz CT molecular complexity index is 3000. The first-order valence-corrected chi connectivity index (χ1v) is 23.0. The predicted octanol–water partition coefficient (Wildman–Crippen LogP) is 14.4. The molecule has 0 bridgehead atoms. The summed E-state index contributed by atoms with van der Waals surface area (Å²) >= 11 is 0. The molecule has 0 fully saturated rings. The zero-order valence-corrected chi connectivity index (χ0v) is 39.7. The zero-order chi connectivity index (χ0) is 44.5. The maximum Gasteiger partial charge on any atom is 0.252 e. The lowest BCUT2D eigenvalue weighted by Crippen LogP contribution is -2.61. The molecule has 3 heterocycles. The quantitative estimate of drug-likeness (QED) is 0.164. The van der Waals surface area contributed by atoms with E-state index in [4.69, 9.17) is 0 Å². The van der Waals surface area contributed by atoms with E-state index in [1.165, 1.54) is 106 Å². The van der Waals surface area contributed by atoms with Gasteiger partial charge in [0.1, 0.15) is 0 Å². The minimum atomic E-state index is -0.0395. The van der Waals surface area contributed by atoms with Crippen LogP contribution in [0.25, 0.3) is 27.5 Å². The van der Waals surface area contributed by atoms with E-state index in [1.54, 1.807) is 0 Å². The van der Waals surface area contributed by atoms with E-state index in [0.29, 0.717) is 0 Å². The summed E-state index contributed by atoms with van der Waals surface area (Å²) in [6.07, 6.45) is 0. The van der Waals surface area contributed by atoms with Crippen LogP contribution in [0.2, 0.25) is 0 Å². The molecular weight excluding hydrogens is 761 g/mol. The van der Waals surface area contributed by atoms with Crippen molar-refractivity contribution in [2.75, 3.05) is 9.80 Å². The van der Waals surface area contributed by atoms with Gasteiger partial charge in [-0.15, -0.1) is 0 Å². The van der Waals surface area contributed by atoms with Gasteiger partial charge < -0.3 is 14.4 Å². The Labute approximate surface area is 376 Å². The molecule has 1 aromatic heterocycles. The number of hydrogen-bond donors (Lipinski definition) is 0. The number of anilines is 6. The maximum absolute atomic E-state index is 2.61. The van der Waals surface area contributed by atoms with Gasteiger partial charge in [0.25, 0.3) is 6.71 Å². The van der Waals surface area contributed by atoms with Crippen LogP contribution in [0.4, 0.5) is 34.1 Å². The smallest absolute Gasteiger partial charge is 0.252 e. The van der Waals surface area contributed by atoms with Gasteiger partial charge in [0, 0.05) is 50.6 Å². The largest absolute Gasteiger partial charge is 0.311 e. The molecule has 0 spiro atoms. The molecule has 10 rings (SSSR count). The standard InChI is InChI=1S/C59H62BN3/c1-37-28-53-55-54(29-37)63(44-34-40(58(8,9)10)31-41(35-44)59(11,12)13)52-27-26-42(61-49-23-17-14-20-45(49)46-21-15-18-24-50(46)61)36-48(52)60(55)47-22-16-19-25-51(47)62(53)43-32-38(56(2,3)4)30-39(33-43)57(5,6)7/h14-36H,1-13H3. The van der Waals surface area contributed by atoms with Crippen LogP contribution >= 0.6 is 0 Å². The first-order valence-electron chi connectivity index (χ1n) is 23.0. The SMILES string of the molecule is Cc1cc2c3c(c1)N(c1cc(C(C)(C)C)cc(C(C)(C)C)c1)c1ccc(-n4c5ccccc5c5ccccc54)cc1B3c1ccccc1N2c1cc(C(C)(C)C)cc(C(C)(C)C)c1. The molecule has 0 atom stereocenters. The minimum absolute atomic E-state index is 0.00288. The molecule has 0 saturated heterocycles. The number of fused-ring (bicyclic) bond motifs is 7. The van der Waals surface area contributed by atoms with Gasteiger partial charge in [0.2, 0.25) is 0 Å². The fraction of sp³-hybridized carbons (Fsp3) is 0.288. The molecule has 316 valence electrons. The lowest BCUT2D eigenvalue weighted by Gasteiger charge is -2.45. The van der Waals surface area contributed by atoms with Crippen LogP contribution in [0.15, 0.2) is 140 Å². The van der Waals surface area contributed by atoms with Crippen molar-refractivity contribution in [1.29, 1.82) is 0 Å². The highest BCUT2D eigenvalue weighted by atomic mass is 15.2. The Morgan fingerprint density at radius 2 is 0.778 bits per heavy atom. The Morgan fingerprint density at radius 1 is 0.365 bits per heavy atom. The van der Waals surface area contributed by atoms with Crippen LogP contribution in [-0.2, 0) is 21.7 Å². The third kappa shape index (κ3) is 6.71. The van der Waals surface area contributed by atoms with Gasteiger partial charge in [-0.25, -0.2) is 0 Å². The van der Waals surface area contributed by atoms with Crippen molar-refractivity contribution in [3.8, 4) is 5.69 Å². The van der Waals surface area contributed by atoms with Gasteiger partial charge >= 0.3 is 0 Å². The summed E-state index contributed by atoms with van der Waals surface area (Å²) in [5.41, 5.74) is 21.5. The number of benzene rings is 7. The van der Waals surface area contributed by atoms with Crippen molar-refractivity contribution in [3.63, 3.8) is 0 Å². The summed E-state index contributed by atoms with van der Waals surface area (Å²) < 4.78 is 2.48. The van der Waals surface area contributed by atoms with Crippen molar-refractivity contribution in [2.45, 2.75) is 112 Å². The highest BCUT2D eigenvalue weighted by Gasteiger charge is 2.44. The molecule has 0 saturated carbocycles. The number of hydrogen-bond acceptors (Lipinski definition) is 2. The Balaban J connectivity index is 1.32. The van der Waals surface area contributed by atoms with Crippen LogP contribution in [0.3, 0.4) is 0 Å². The van der Waals surface area contributed by atoms with Crippen molar-refractivity contribution in [2.24, 2.45) is 0 Å². The lowest BCUT2D eigenvalue weighted by molar-refractivity contribution is 0.568. The minimum Gasteiger partial charge on any atom is -0.311 e. The monoisotopic (exact) mass is 824 g/mol. The van der Waals surface area contributed by atoms with E-state index in [2.05, 4.69) is 244 Å². The van der Waals surface area contributed by atoms with Crippen molar-refractivity contribution in [1.82, 2.24) is 4.57 Å². The molecule has 0 N–H and O–H groups in total. The van der Waals surface area contributed by atoms with E-state index in [1.807, 2.05) is 0 Å². The second-order valence-corrected chi connectivity index (χ2v) is 22.5. The molecule has 2 aliphatic rings. The molecule has 4 heteroatoms. The van der Waals surface area contributed by atoms with E-state index >= 15 is 0 Å². The van der Waals surface area contributed by atoms with Gasteiger partial charge in [-0.1, -0.05) is 150 Å². The number of nitrogens with zero attached hydrogens (tertiary/aromatic N) is 3. The summed E-state index contributed by atoms with van der Waals surface area (Å²) in [6.45, 7) is 30.4. The average Bonchev–Trinajstić information content (AvgIpc) is 3.56. The average molecular weight is 824 g/mol. The maximum atomic E-state index is 2.61. The third-order valence-electron chi connectivity index (χ3n) is 13.8. The number of aromatic nitrogens is 1. The second-order valence-electron chi connectivity index (χ2n) is 22.5. The topological polar surface area (TPSA) is 11.4 Å². The normalized spacial score (nSPS) is 14.0. The number of para-hydroxylation sites is 3. The van der Waals surface area contributed by atoms with Crippen LogP contribution in [0.1, 0.15) is 111 Å². The van der Waals surface area contributed by atoms with E-state index < -0.39 is 0 Å². The molecule has 0 aliphatic carbocycles. The highest BCUT2D eigenvalue weighted by molar-refractivity contribution is 7.00. The fourth-order valence-corrected chi connectivity index (χ4v) is 10.2. The summed E-state index contributed by atoms with van der Waals surface area (Å²) in [6, 6.07) is 53.9.